The van der Waals surface area contributed by atoms with E-state index in [2.05, 4.69) is 10.4 Å². The Balaban J connectivity index is 2.60. The highest BCUT2D eigenvalue weighted by atomic mass is 19.4. The summed E-state index contributed by atoms with van der Waals surface area (Å²) in [6, 6.07) is 1.62. The smallest absolute Gasteiger partial charge is 0.396 e. The van der Waals surface area contributed by atoms with Gasteiger partial charge in [0.05, 0.1) is 18.8 Å². The summed E-state index contributed by atoms with van der Waals surface area (Å²) in [5.74, 6) is -0.133. The van der Waals surface area contributed by atoms with Crippen molar-refractivity contribution in [3.63, 3.8) is 0 Å². The Morgan fingerprint density at radius 3 is 2.67 bits per heavy atom. The molecule has 2 N–H and O–H groups in total. The monoisotopic (exact) mass is 308 g/mol. The number of hydrogen-bond acceptors (Lipinski definition) is 4. The second kappa shape index (κ2) is 7.41. The topological polar surface area (TPSA) is 70.4 Å². The summed E-state index contributed by atoms with van der Waals surface area (Å²) in [5, 5.41) is 15.2. The van der Waals surface area contributed by atoms with Crippen LogP contribution in [0.15, 0.2) is 6.07 Å². The van der Waals surface area contributed by atoms with Crippen molar-refractivity contribution in [3.8, 4) is 0 Å². The van der Waals surface area contributed by atoms with E-state index < -0.39 is 25.2 Å². The quantitative estimate of drug-likeness (QED) is 0.785. The highest BCUT2D eigenvalue weighted by molar-refractivity contribution is 5.91. The van der Waals surface area contributed by atoms with Crippen LogP contribution in [0, 0.1) is 6.92 Å². The number of nitrogens with one attached hydrogen (secondary N) is 1. The molecule has 0 atom stereocenters. The molecule has 0 saturated carbocycles. The number of nitrogens with zero attached hydrogens (tertiary/aromatic N) is 3. The van der Waals surface area contributed by atoms with E-state index in [-0.39, 0.29) is 19.6 Å². The fourth-order valence-corrected chi connectivity index (χ4v) is 1.87. The molecule has 1 heterocycles. The molecule has 0 radical (unpaired) electrons. The lowest BCUT2D eigenvalue weighted by atomic mass is 10.3. The van der Waals surface area contributed by atoms with Crippen LogP contribution in [-0.4, -0.2) is 58.1 Å². The molecule has 1 aromatic heterocycles. The van der Waals surface area contributed by atoms with E-state index >= 15 is 0 Å². The van der Waals surface area contributed by atoms with Crippen molar-refractivity contribution in [1.29, 1.82) is 0 Å². The molecule has 0 saturated heterocycles. The van der Waals surface area contributed by atoms with E-state index in [9.17, 15) is 18.0 Å². The van der Waals surface area contributed by atoms with Gasteiger partial charge in [-0.2, -0.15) is 18.3 Å². The fourth-order valence-electron chi connectivity index (χ4n) is 1.87. The zero-order chi connectivity index (χ0) is 16.0. The molecule has 21 heavy (non-hydrogen) atoms. The number of alkyl halides is 3. The van der Waals surface area contributed by atoms with Gasteiger partial charge in [0.2, 0.25) is 5.91 Å². The first-order valence-electron chi connectivity index (χ1n) is 6.41. The Morgan fingerprint density at radius 1 is 1.52 bits per heavy atom. The van der Waals surface area contributed by atoms with Crippen LogP contribution < -0.4 is 5.32 Å². The molecule has 0 aliphatic carbocycles. The first-order valence-corrected chi connectivity index (χ1v) is 6.41. The number of carbonyl (C=O) groups is 1. The van der Waals surface area contributed by atoms with Crippen LogP contribution in [0.5, 0.6) is 0 Å². The summed E-state index contributed by atoms with van der Waals surface area (Å²) in [5.41, 5.74) is 0.695. The van der Waals surface area contributed by atoms with E-state index in [1.807, 2.05) is 0 Å². The maximum atomic E-state index is 12.4. The van der Waals surface area contributed by atoms with Crippen molar-refractivity contribution in [2.24, 2.45) is 7.05 Å². The third-order valence-corrected chi connectivity index (χ3v) is 2.67. The van der Waals surface area contributed by atoms with Gasteiger partial charge in [0.1, 0.15) is 5.82 Å². The zero-order valence-electron chi connectivity index (χ0n) is 11.9. The average molecular weight is 308 g/mol. The zero-order valence-corrected chi connectivity index (χ0v) is 11.9. The largest absolute Gasteiger partial charge is 0.401 e. The summed E-state index contributed by atoms with van der Waals surface area (Å²) in [4.78, 5) is 12.8. The average Bonchev–Trinajstić information content (AvgIpc) is 2.62. The van der Waals surface area contributed by atoms with Crippen molar-refractivity contribution >= 4 is 11.7 Å². The predicted octanol–water partition coefficient (Wildman–Crippen LogP) is 0.914. The highest BCUT2D eigenvalue weighted by Crippen LogP contribution is 2.16. The van der Waals surface area contributed by atoms with Crippen LogP contribution in [-0.2, 0) is 11.8 Å². The minimum atomic E-state index is -4.39. The van der Waals surface area contributed by atoms with Crippen LogP contribution in [0.25, 0.3) is 0 Å². The molecular weight excluding hydrogens is 289 g/mol. The minimum Gasteiger partial charge on any atom is -0.396 e. The Morgan fingerprint density at radius 2 is 2.19 bits per heavy atom. The van der Waals surface area contributed by atoms with Gasteiger partial charge in [0, 0.05) is 26.3 Å². The van der Waals surface area contributed by atoms with Gasteiger partial charge in [0.15, 0.2) is 0 Å². The summed E-state index contributed by atoms with van der Waals surface area (Å²) in [7, 11) is 1.63. The number of rotatable bonds is 7. The molecule has 0 fully saturated rings. The number of aromatic nitrogens is 2. The van der Waals surface area contributed by atoms with Gasteiger partial charge < -0.3 is 10.4 Å². The SMILES string of the molecule is Cc1cc(NC(=O)CN(CCCO)CC(F)(F)F)n(C)n1. The molecular formula is C12H19F3N4O2. The van der Waals surface area contributed by atoms with Gasteiger partial charge in [0.25, 0.3) is 0 Å². The molecule has 6 nitrogen and oxygen atoms in total. The van der Waals surface area contributed by atoms with Gasteiger partial charge in [-0.25, -0.2) is 0 Å². The van der Waals surface area contributed by atoms with Crippen molar-refractivity contribution in [1.82, 2.24) is 14.7 Å². The number of anilines is 1. The number of hydrogen-bond donors (Lipinski definition) is 2. The van der Waals surface area contributed by atoms with Gasteiger partial charge in [-0.15, -0.1) is 0 Å². The van der Waals surface area contributed by atoms with Crippen molar-refractivity contribution in [2.45, 2.75) is 19.5 Å². The number of aliphatic hydroxyl groups excluding tert-OH is 1. The first-order chi connectivity index (χ1) is 9.71. The Kier molecular flexibility index (Phi) is 6.16. The molecule has 1 aromatic rings. The van der Waals surface area contributed by atoms with E-state index in [1.54, 1.807) is 20.0 Å². The van der Waals surface area contributed by atoms with E-state index in [4.69, 9.17) is 5.11 Å². The third-order valence-electron chi connectivity index (χ3n) is 2.67. The Labute approximate surface area is 120 Å². The second-order valence-electron chi connectivity index (χ2n) is 4.75. The molecule has 1 rings (SSSR count). The first kappa shape index (κ1) is 17.4. The fraction of sp³-hybridized carbons (Fsp3) is 0.667. The second-order valence-corrected chi connectivity index (χ2v) is 4.75. The summed E-state index contributed by atoms with van der Waals surface area (Å²) in [6.07, 6.45) is -4.22. The molecule has 120 valence electrons. The molecule has 9 heteroatoms. The molecule has 0 bridgehead atoms. The summed E-state index contributed by atoms with van der Waals surface area (Å²) < 4.78 is 38.7. The molecule has 0 aromatic carbocycles. The number of amides is 1. The maximum Gasteiger partial charge on any atom is 0.401 e. The molecule has 0 unspecified atom stereocenters. The van der Waals surface area contributed by atoms with Crippen molar-refractivity contribution in [2.75, 3.05) is 31.6 Å². The lowest BCUT2D eigenvalue weighted by Gasteiger charge is -2.22. The van der Waals surface area contributed by atoms with Crippen LogP contribution in [0.1, 0.15) is 12.1 Å². The lowest BCUT2D eigenvalue weighted by Crippen LogP contribution is -2.40. The molecule has 0 spiro atoms. The standard InChI is InChI=1S/C12H19F3N4O2/c1-9-6-10(18(2)17-9)16-11(21)7-19(4-3-5-20)8-12(13,14)15/h6,20H,3-5,7-8H2,1-2H3,(H,16,21). The number of carbonyl (C=O) groups excluding carboxylic acids is 1. The number of halogens is 3. The number of aliphatic hydroxyl groups is 1. The van der Waals surface area contributed by atoms with Gasteiger partial charge in [-0.05, 0) is 13.3 Å². The highest BCUT2D eigenvalue weighted by Gasteiger charge is 2.31. The molecule has 1 amide bonds. The van der Waals surface area contributed by atoms with E-state index in [0.717, 1.165) is 4.90 Å². The van der Waals surface area contributed by atoms with Gasteiger partial charge >= 0.3 is 6.18 Å². The predicted molar refractivity (Wildman–Crippen MR) is 70.8 cm³/mol. The van der Waals surface area contributed by atoms with Crippen LogP contribution in [0.2, 0.25) is 0 Å². The number of aryl methyl sites for hydroxylation is 2. The van der Waals surface area contributed by atoms with Crippen LogP contribution >= 0.6 is 0 Å². The van der Waals surface area contributed by atoms with Crippen LogP contribution in [0.4, 0.5) is 19.0 Å². The molecule has 0 aliphatic heterocycles. The van der Waals surface area contributed by atoms with Gasteiger partial charge in [-0.3, -0.25) is 14.4 Å². The summed E-state index contributed by atoms with van der Waals surface area (Å²) >= 11 is 0. The summed E-state index contributed by atoms with van der Waals surface area (Å²) in [6.45, 7) is -0.0772. The van der Waals surface area contributed by atoms with E-state index in [0.29, 0.717) is 11.5 Å². The van der Waals surface area contributed by atoms with Crippen molar-refractivity contribution in [3.05, 3.63) is 11.8 Å². The lowest BCUT2D eigenvalue weighted by molar-refractivity contribution is -0.148. The Bertz CT molecular complexity index is 474. The third kappa shape index (κ3) is 6.58. The molecule has 0 aliphatic rings. The van der Waals surface area contributed by atoms with E-state index in [1.165, 1.54) is 4.68 Å². The minimum absolute atomic E-state index is 0.00611. The van der Waals surface area contributed by atoms with Crippen molar-refractivity contribution < 1.29 is 23.1 Å². The maximum absolute atomic E-state index is 12.4. The van der Waals surface area contributed by atoms with Gasteiger partial charge in [-0.1, -0.05) is 0 Å². The Hall–Kier alpha value is -1.61. The van der Waals surface area contributed by atoms with Crippen LogP contribution in [0.3, 0.4) is 0 Å². The normalized spacial score (nSPS) is 12.0.